The number of aromatic nitrogens is 3. The molecule has 0 aliphatic heterocycles. The van der Waals surface area contributed by atoms with Gasteiger partial charge in [-0.1, -0.05) is 41.4 Å². The number of hydrogen-bond acceptors (Lipinski definition) is 5. The number of halogens is 2. The highest BCUT2D eigenvalue weighted by Crippen LogP contribution is 2.25. The maximum Gasteiger partial charge on any atom is 0.262 e. The minimum Gasteiger partial charge on any atom is -0.466 e. The molecule has 2 heterocycles. The van der Waals surface area contributed by atoms with E-state index in [1.807, 2.05) is 42.5 Å². The first-order valence-electron chi connectivity index (χ1n) is 9.31. The Morgan fingerprint density at radius 2 is 1.66 bits per heavy atom. The lowest BCUT2D eigenvalue weighted by atomic mass is 10.2. The molecule has 0 saturated carbocycles. The van der Waals surface area contributed by atoms with Gasteiger partial charge in [0.15, 0.2) is 6.61 Å². The van der Waals surface area contributed by atoms with Crippen LogP contribution < -0.4 is 10.1 Å². The Labute approximate surface area is 194 Å². The van der Waals surface area contributed by atoms with Gasteiger partial charge in [-0.05, 0) is 54.1 Å². The molecule has 1 amide bonds. The van der Waals surface area contributed by atoms with Crippen molar-refractivity contribution in [2.45, 2.75) is 0 Å². The quantitative estimate of drug-likeness (QED) is 0.441. The molecule has 4 aromatic rings. The average Bonchev–Trinajstić information content (AvgIpc) is 2.79. The SMILES string of the molecule is O.O=C(COc1nc2ccccc2nc1/C=C\c1ccncc1)Nc1ccc(Cl)c(Cl)c1. The molecule has 9 heteroatoms. The molecule has 0 bridgehead atoms. The van der Waals surface area contributed by atoms with Crippen LogP contribution in [0.2, 0.25) is 10.0 Å². The van der Waals surface area contributed by atoms with Gasteiger partial charge in [0.2, 0.25) is 5.88 Å². The Morgan fingerprint density at radius 3 is 2.38 bits per heavy atom. The summed E-state index contributed by atoms with van der Waals surface area (Å²) in [6.45, 7) is -0.247. The molecule has 0 fully saturated rings. The highest BCUT2D eigenvalue weighted by Gasteiger charge is 2.11. The fourth-order valence-corrected chi connectivity index (χ4v) is 3.06. The first-order chi connectivity index (χ1) is 15.1. The smallest absolute Gasteiger partial charge is 0.262 e. The van der Waals surface area contributed by atoms with Crippen molar-refractivity contribution in [1.29, 1.82) is 0 Å². The third-order valence-electron chi connectivity index (χ3n) is 4.25. The number of nitrogens with zero attached hydrogens (tertiary/aromatic N) is 3. The van der Waals surface area contributed by atoms with Gasteiger partial charge in [0.05, 0.1) is 21.1 Å². The van der Waals surface area contributed by atoms with Gasteiger partial charge in [-0.15, -0.1) is 0 Å². The van der Waals surface area contributed by atoms with Crippen LogP contribution in [0.4, 0.5) is 5.69 Å². The number of carbonyl (C=O) groups excluding carboxylic acids is 1. The molecule has 0 saturated heterocycles. The fourth-order valence-electron chi connectivity index (χ4n) is 2.77. The average molecular weight is 469 g/mol. The third-order valence-corrected chi connectivity index (χ3v) is 4.99. The molecule has 4 rings (SSSR count). The molecule has 0 spiro atoms. The number of nitrogens with one attached hydrogen (secondary N) is 1. The predicted molar refractivity (Wildman–Crippen MR) is 127 cm³/mol. The molecule has 162 valence electrons. The highest BCUT2D eigenvalue weighted by molar-refractivity contribution is 6.42. The van der Waals surface area contributed by atoms with Crippen molar-refractivity contribution in [3.05, 3.63) is 88.3 Å². The van der Waals surface area contributed by atoms with Gasteiger partial charge in [-0.2, -0.15) is 0 Å². The summed E-state index contributed by atoms with van der Waals surface area (Å²) in [4.78, 5) is 25.5. The van der Waals surface area contributed by atoms with E-state index >= 15 is 0 Å². The van der Waals surface area contributed by atoms with Crippen molar-refractivity contribution >= 4 is 58.0 Å². The van der Waals surface area contributed by atoms with Crippen molar-refractivity contribution in [2.75, 3.05) is 11.9 Å². The number of rotatable bonds is 6. The van der Waals surface area contributed by atoms with E-state index in [4.69, 9.17) is 27.9 Å². The number of fused-ring (bicyclic) bond motifs is 1. The Kier molecular flexibility index (Phi) is 7.72. The summed E-state index contributed by atoms with van der Waals surface area (Å²) in [6.07, 6.45) is 7.08. The van der Waals surface area contributed by atoms with Crippen molar-refractivity contribution in [1.82, 2.24) is 15.0 Å². The van der Waals surface area contributed by atoms with Gasteiger partial charge in [0.1, 0.15) is 5.69 Å². The van der Waals surface area contributed by atoms with Crippen LogP contribution in [-0.4, -0.2) is 32.9 Å². The maximum absolute atomic E-state index is 12.4. The van der Waals surface area contributed by atoms with Crippen molar-refractivity contribution in [3.8, 4) is 5.88 Å². The molecule has 2 aromatic carbocycles. The van der Waals surface area contributed by atoms with Gasteiger partial charge < -0.3 is 15.5 Å². The van der Waals surface area contributed by atoms with Gasteiger partial charge in [0, 0.05) is 18.1 Å². The van der Waals surface area contributed by atoms with E-state index in [9.17, 15) is 4.79 Å². The second-order valence-corrected chi connectivity index (χ2v) is 7.30. The molecule has 32 heavy (non-hydrogen) atoms. The normalized spacial score (nSPS) is 10.7. The Balaban J connectivity index is 0.00000289. The molecule has 0 aliphatic carbocycles. The summed E-state index contributed by atoms with van der Waals surface area (Å²) in [5, 5.41) is 3.48. The number of amides is 1. The zero-order valence-electron chi connectivity index (χ0n) is 16.6. The Morgan fingerprint density at radius 1 is 0.938 bits per heavy atom. The first kappa shape index (κ1) is 23.1. The number of carbonyl (C=O) groups is 1. The lowest BCUT2D eigenvalue weighted by Crippen LogP contribution is -2.21. The van der Waals surface area contributed by atoms with Crippen LogP contribution in [-0.2, 0) is 4.79 Å². The van der Waals surface area contributed by atoms with E-state index in [2.05, 4.69) is 20.3 Å². The van der Waals surface area contributed by atoms with E-state index in [1.54, 1.807) is 36.7 Å². The Hall–Kier alpha value is -3.52. The van der Waals surface area contributed by atoms with Crippen LogP contribution >= 0.6 is 23.2 Å². The van der Waals surface area contributed by atoms with Gasteiger partial charge in [0.25, 0.3) is 5.91 Å². The first-order valence-corrected chi connectivity index (χ1v) is 10.1. The van der Waals surface area contributed by atoms with E-state index in [0.29, 0.717) is 26.9 Å². The number of ether oxygens (including phenoxy) is 1. The molecule has 7 nitrogen and oxygen atoms in total. The molecule has 3 N–H and O–H groups in total. The van der Waals surface area contributed by atoms with Crippen LogP contribution in [0.1, 0.15) is 11.3 Å². The molecule has 0 unspecified atom stereocenters. The van der Waals surface area contributed by atoms with Gasteiger partial charge in [-0.3, -0.25) is 9.78 Å². The number of benzene rings is 2. The van der Waals surface area contributed by atoms with Crippen molar-refractivity contribution in [2.24, 2.45) is 0 Å². The third kappa shape index (κ3) is 5.79. The number of para-hydroxylation sites is 2. The van der Waals surface area contributed by atoms with Gasteiger partial charge in [-0.25, -0.2) is 9.97 Å². The van der Waals surface area contributed by atoms with E-state index in [1.165, 1.54) is 0 Å². The molecule has 0 atom stereocenters. The second kappa shape index (κ2) is 10.7. The lowest BCUT2D eigenvalue weighted by Gasteiger charge is -2.10. The number of pyridine rings is 1. The summed E-state index contributed by atoms with van der Waals surface area (Å²) in [6, 6.07) is 16.0. The minimum atomic E-state index is -0.364. The van der Waals surface area contributed by atoms with Crippen LogP contribution in [0.25, 0.3) is 23.2 Å². The maximum atomic E-state index is 12.4. The van der Waals surface area contributed by atoms with Crippen LogP contribution in [0.15, 0.2) is 67.0 Å². The monoisotopic (exact) mass is 468 g/mol. The predicted octanol–water partition coefficient (Wildman–Crippen LogP) is 4.69. The molecule has 0 radical (unpaired) electrons. The number of anilines is 1. The molecular formula is C23H18Cl2N4O3. The second-order valence-electron chi connectivity index (χ2n) is 6.48. The van der Waals surface area contributed by atoms with Crippen LogP contribution in [0, 0.1) is 0 Å². The highest BCUT2D eigenvalue weighted by atomic mass is 35.5. The molecule has 0 aliphatic rings. The summed E-state index contributed by atoms with van der Waals surface area (Å²) < 4.78 is 5.71. The lowest BCUT2D eigenvalue weighted by molar-refractivity contribution is -0.118. The summed E-state index contributed by atoms with van der Waals surface area (Å²) >= 11 is 11.9. The topological polar surface area (TPSA) is 108 Å². The largest absolute Gasteiger partial charge is 0.466 e. The fraction of sp³-hybridized carbons (Fsp3) is 0.0435. The van der Waals surface area contributed by atoms with E-state index < -0.39 is 0 Å². The molecule has 2 aromatic heterocycles. The molecular weight excluding hydrogens is 451 g/mol. The summed E-state index contributed by atoms with van der Waals surface area (Å²) in [5.74, 6) is -0.106. The van der Waals surface area contributed by atoms with E-state index in [0.717, 1.165) is 11.1 Å². The van der Waals surface area contributed by atoms with E-state index in [-0.39, 0.29) is 23.9 Å². The number of hydrogen-bond donors (Lipinski definition) is 1. The zero-order chi connectivity index (χ0) is 21.6. The summed E-state index contributed by atoms with van der Waals surface area (Å²) in [7, 11) is 0. The van der Waals surface area contributed by atoms with Crippen molar-refractivity contribution < 1.29 is 15.0 Å². The summed E-state index contributed by atoms with van der Waals surface area (Å²) in [5.41, 5.74) is 3.38. The van der Waals surface area contributed by atoms with Crippen LogP contribution in [0.5, 0.6) is 5.88 Å². The standard InChI is InChI=1S/C23H16Cl2N4O2.H2O/c24-17-7-6-16(13-18(17)25)27-22(30)14-31-23-21(8-5-15-9-11-26-12-10-15)28-19-3-1-2-4-20(19)29-23;/h1-13H,14H2,(H,27,30);1H2/b8-5-;. The minimum absolute atomic E-state index is 0. The van der Waals surface area contributed by atoms with Crippen molar-refractivity contribution in [3.63, 3.8) is 0 Å². The van der Waals surface area contributed by atoms with Crippen LogP contribution in [0.3, 0.4) is 0 Å². The Bertz CT molecular complexity index is 1270. The zero-order valence-corrected chi connectivity index (χ0v) is 18.1. The van der Waals surface area contributed by atoms with Gasteiger partial charge >= 0.3 is 0 Å².